The van der Waals surface area contributed by atoms with Crippen LogP contribution in [-0.4, -0.2) is 18.4 Å². The molecule has 3 rings (SSSR count). The molecule has 0 saturated carbocycles. The van der Waals surface area contributed by atoms with Gasteiger partial charge >= 0.3 is 0 Å². The number of hydrogen-bond donors (Lipinski definition) is 2. The van der Waals surface area contributed by atoms with Gasteiger partial charge in [0.2, 0.25) is 5.91 Å². The number of carbonyl (C=O) groups is 2. The first-order valence-electron chi connectivity index (χ1n) is 9.13. The lowest BCUT2D eigenvalue weighted by Crippen LogP contribution is -2.33. The van der Waals surface area contributed by atoms with Gasteiger partial charge in [0.1, 0.15) is 12.4 Å². The highest BCUT2D eigenvalue weighted by Gasteiger charge is 2.11. The van der Waals surface area contributed by atoms with E-state index in [4.69, 9.17) is 16.3 Å². The van der Waals surface area contributed by atoms with Gasteiger partial charge in [0.25, 0.3) is 5.91 Å². The third-order valence-electron chi connectivity index (χ3n) is 4.30. The summed E-state index contributed by atoms with van der Waals surface area (Å²) in [6.45, 7) is 2.07. The molecule has 0 spiro atoms. The van der Waals surface area contributed by atoms with Crippen LogP contribution in [0.1, 0.15) is 21.5 Å². The topological polar surface area (TPSA) is 67.4 Å². The monoisotopic (exact) mass is 408 g/mol. The van der Waals surface area contributed by atoms with Gasteiger partial charge in [0.15, 0.2) is 0 Å². The van der Waals surface area contributed by atoms with Crippen molar-refractivity contribution in [3.05, 3.63) is 94.5 Å². The zero-order valence-electron chi connectivity index (χ0n) is 15.9. The number of halogens is 1. The molecule has 0 heterocycles. The predicted octanol–water partition coefficient (Wildman–Crippen LogP) is 4.60. The Morgan fingerprint density at radius 3 is 2.52 bits per heavy atom. The highest BCUT2D eigenvalue weighted by molar-refractivity contribution is 6.31. The Bertz CT molecular complexity index is 1010. The average molecular weight is 409 g/mol. The zero-order valence-corrected chi connectivity index (χ0v) is 16.7. The lowest BCUT2D eigenvalue weighted by Gasteiger charge is -2.11. The summed E-state index contributed by atoms with van der Waals surface area (Å²) < 4.78 is 5.74. The second kappa shape index (κ2) is 9.75. The average Bonchev–Trinajstić information content (AvgIpc) is 2.75. The van der Waals surface area contributed by atoms with Crippen LogP contribution in [0.3, 0.4) is 0 Å². The van der Waals surface area contributed by atoms with Gasteiger partial charge in [0.05, 0.1) is 6.54 Å². The van der Waals surface area contributed by atoms with E-state index < -0.39 is 0 Å². The summed E-state index contributed by atoms with van der Waals surface area (Å²) in [5.41, 5.74) is 2.85. The maximum atomic E-state index is 12.4. The van der Waals surface area contributed by atoms with Crippen LogP contribution >= 0.6 is 11.6 Å². The maximum absolute atomic E-state index is 12.4. The van der Waals surface area contributed by atoms with E-state index in [1.165, 1.54) is 0 Å². The van der Waals surface area contributed by atoms with Crippen molar-refractivity contribution in [2.75, 3.05) is 11.9 Å². The van der Waals surface area contributed by atoms with Gasteiger partial charge in [-0.25, -0.2) is 0 Å². The lowest BCUT2D eigenvalue weighted by molar-refractivity contribution is -0.115. The van der Waals surface area contributed by atoms with Crippen LogP contribution in [0, 0.1) is 6.92 Å². The fourth-order valence-electron chi connectivity index (χ4n) is 2.67. The van der Waals surface area contributed by atoms with E-state index in [1.807, 2.05) is 37.3 Å². The molecule has 3 aromatic carbocycles. The van der Waals surface area contributed by atoms with Crippen molar-refractivity contribution < 1.29 is 14.3 Å². The summed E-state index contributed by atoms with van der Waals surface area (Å²) in [7, 11) is 0. The normalized spacial score (nSPS) is 10.3. The van der Waals surface area contributed by atoms with Crippen molar-refractivity contribution in [2.45, 2.75) is 13.5 Å². The van der Waals surface area contributed by atoms with Crippen molar-refractivity contribution in [3.8, 4) is 5.75 Å². The van der Waals surface area contributed by atoms with E-state index in [1.54, 1.807) is 42.5 Å². The Labute approximate surface area is 174 Å². The van der Waals surface area contributed by atoms with Crippen molar-refractivity contribution in [1.82, 2.24) is 5.32 Å². The molecule has 0 aromatic heterocycles. The molecule has 5 nitrogen and oxygen atoms in total. The molecule has 2 amide bonds. The number of anilines is 1. The number of rotatable bonds is 7. The Morgan fingerprint density at radius 1 is 0.966 bits per heavy atom. The van der Waals surface area contributed by atoms with Gasteiger partial charge in [-0.1, -0.05) is 54.1 Å². The number of carbonyl (C=O) groups excluding carboxylic acids is 2. The summed E-state index contributed by atoms with van der Waals surface area (Å²) >= 11 is 6.05. The highest BCUT2D eigenvalue weighted by atomic mass is 35.5. The number of nitrogens with one attached hydrogen (secondary N) is 2. The number of benzene rings is 3. The van der Waals surface area contributed by atoms with Gasteiger partial charge < -0.3 is 15.4 Å². The maximum Gasteiger partial charge on any atom is 0.251 e. The Kier molecular flexibility index (Phi) is 6.87. The summed E-state index contributed by atoms with van der Waals surface area (Å²) in [4.78, 5) is 24.5. The summed E-state index contributed by atoms with van der Waals surface area (Å²) in [6.07, 6.45) is 0. The van der Waals surface area contributed by atoms with Crippen LogP contribution in [0.2, 0.25) is 5.02 Å². The second-order valence-corrected chi connectivity index (χ2v) is 6.85. The molecule has 0 unspecified atom stereocenters. The minimum atomic E-state index is -0.354. The fourth-order valence-corrected chi connectivity index (χ4v) is 2.84. The molecule has 6 heteroatoms. The molecule has 0 radical (unpaired) electrons. The van der Waals surface area contributed by atoms with E-state index in [0.717, 1.165) is 11.1 Å². The number of ether oxygens (including phenoxy) is 1. The van der Waals surface area contributed by atoms with Crippen LogP contribution in [0.4, 0.5) is 5.69 Å². The highest BCUT2D eigenvalue weighted by Crippen LogP contribution is 2.22. The first kappa shape index (κ1) is 20.4. The fraction of sp³-hybridized carbons (Fsp3) is 0.130. The summed E-state index contributed by atoms with van der Waals surface area (Å²) in [6, 6.07) is 21.9. The van der Waals surface area contributed by atoms with E-state index in [-0.39, 0.29) is 18.4 Å². The molecular weight excluding hydrogens is 388 g/mol. The molecule has 0 aliphatic rings. The minimum Gasteiger partial charge on any atom is -0.489 e. The van der Waals surface area contributed by atoms with Crippen molar-refractivity contribution in [1.29, 1.82) is 0 Å². The smallest absolute Gasteiger partial charge is 0.251 e. The van der Waals surface area contributed by atoms with Gasteiger partial charge in [-0.15, -0.1) is 0 Å². The summed E-state index contributed by atoms with van der Waals surface area (Å²) in [5.74, 6) is -0.103. The minimum absolute atomic E-state index is 0.153. The van der Waals surface area contributed by atoms with Crippen LogP contribution in [0.5, 0.6) is 5.75 Å². The Hall–Kier alpha value is -3.31. The zero-order chi connectivity index (χ0) is 20.6. The van der Waals surface area contributed by atoms with Gasteiger partial charge in [0, 0.05) is 16.3 Å². The SMILES string of the molecule is Cc1c(Cl)cccc1NC(=O)CNC(=O)c1cccc(OCc2ccccc2)c1. The second-order valence-electron chi connectivity index (χ2n) is 6.45. The van der Waals surface area contributed by atoms with Crippen molar-refractivity contribution in [2.24, 2.45) is 0 Å². The van der Waals surface area contributed by atoms with Crippen LogP contribution in [-0.2, 0) is 11.4 Å². The van der Waals surface area contributed by atoms with Gasteiger partial charge in [-0.3, -0.25) is 9.59 Å². The van der Waals surface area contributed by atoms with E-state index in [2.05, 4.69) is 10.6 Å². The van der Waals surface area contributed by atoms with Gasteiger partial charge in [-0.2, -0.15) is 0 Å². The molecule has 0 saturated heterocycles. The molecule has 0 aliphatic heterocycles. The van der Waals surface area contributed by atoms with E-state index in [9.17, 15) is 9.59 Å². The van der Waals surface area contributed by atoms with E-state index in [0.29, 0.717) is 28.6 Å². The molecule has 0 atom stereocenters. The number of amides is 2. The van der Waals surface area contributed by atoms with Crippen LogP contribution in [0.25, 0.3) is 0 Å². The third kappa shape index (κ3) is 5.83. The lowest BCUT2D eigenvalue weighted by atomic mass is 10.2. The first-order valence-corrected chi connectivity index (χ1v) is 9.50. The molecule has 148 valence electrons. The van der Waals surface area contributed by atoms with Crippen molar-refractivity contribution in [3.63, 3.8) is 0 Å². The molecule has 3 aromatic rings. The number of hydrogen-bond acceptors (Lipinski definition) is 3. The van der Waals surface area contributed by atoms with Gasteiger partial charge in [-0.05, 0) is 48.4 Å². The van der Waals surface area contributed by atoms with Crippen LogP contribution < -0.4 is 15.4 Å². The molecule has 29 heavy (non-hydrogen) atoms. The van der Waals surface area contributed by atoms with Crippen LogP contribution in [0.15, 0.2) is 72.8 Å². The van der Waals surface area contributed by atoms with Crippen molar-refractivity contribution >= 4 is 29.1 Å². The largest absolute Gasteiger partial charge is 0.489 e. The molecule has 0 aliphatic carbocycles. The Morgan fingerprint density at radius 2 is 1.72 bits per heavy atom. The van der Waals surface area contributed by atoms with E-state index >= 15 is 0 Å². The predicted molar refractivity (Wildman–Crippen MR) is 114 cm³/mol. The first-order chi connectivity index (χ1) is 14.0. The Balaban J connectivity index is 1.53. The molecule has 0 fully saturated rings. The quantitative estimate of drug-likeness (QED) is 0.600. The standard InChI is InChI=1S/C23H21ClN2O3/c1-16-20(24)11-6-12-21(16)26-22(27)14-25-23(28)18-9-5-10-19(13-18)29-15-17-7-3-2-4-8-17/h2-13H,14-15H2,1H3,(H,25,28)(H,26,27). The third-order valence-corrected chi connectivity index (χ3v) is 4.71. The molecule has 0 bridgehead atoms. The summed E-state index contributed by atoms with van der Waals surface area (Å²) in [5, 5.41) is 5.93. The molecule has 2 N–H and O–H groups in total. The molecular formula is C23H21ClN2O3.